The van der Waals surface area contributed by atoms with E-state index in [1.165, 1.54) is 270 Å². The average molecular weight is 1020 g/mol. The molecule has 0 radical (unpaired) electrons. The number of ether oxygens (including phenoxy) is 2. The largest absolute Gasteiger partial charge is 0.394 e. The van der Waals surface area contributed by atoms with E-state index >= 15 is 0 Å². The van der Waals surface area contributed by atoms with Crippen molar-refractivity contribution in [3.8, 4) is 0 Å². The Morgan fingerprint density at radius 3 is 1.08 bits per heavy atom. The zero-order valence-electron chi connectivity index (χ0n) is 47.7. The second-order valence-electron chi connectivity index (χ2n) is 22.6. The molecule has 6 N–H and O–H groups in total. The number of aliphatic hydroxyl groups is 5. The first-order valence-electron chi connectivity index (χ1n) is 31.9. The summed E-state index contributed by atoms with van der Waals surface area (Å²) in [6.45, 7) is 3.83. The fourth-order valence-electron chi connectivity index (χ4n) is 10.6. The number of hydrogen-bond acceptors (Lipinski definition) is 8. The van der Waals surface area contributed by atoms with Crippen LogP contribution in [0.2, 0.25) is 0 Å². The molecule has 7 atom stereocenters. The van der Waals surface area contributed by atoms with Crippen LogP contribution < -0.4 is 5.32 Å². The molecule has 7 unspecified atom stereocenters. The fraction of sp³-hybridized carbons (Fsp3) is 0.952. The summed E-state index contributed by atoms with van der Waals surface area (Å²) in [6.07, 6.45) is 60.1. The van der Waals surface area contributed by atoms with Gasteiger partial charge in [0.05, 0.1) is 25.4 Å². The Balaban J connectivity index is 2.13. The van der Waals surface area contributed by atoms with Crippen molar-refractivity contribution in [3.05, 3.63) is 12.2 Å². The van der Waals surface area contributed by atoms with Crippen LogP contribution in [0.1, 0.15) is 328 Å². The molecule has 0 aromatic heterocycles. The number of nitrogens with one attached hydrogen (secondary N) is 1. The fourth-order valence-corrected chi connectivity index (χ4v) is 10.6. The van der Waals surface area contributed by atoms with Gasteiger partial charge in [-0.05, 0) is 19.3 Å². The molecule has 9 nitrogen and oxygen atoms in total. The number of hydrogen-bond donors (Lipinski definition) is 6. The molecule has 1 aliphatic rings. The number of unbranched alkanes of at least 4 members (excludes halogenated alkanes) is 46. The lowest BCUT2D eigenvalue weighted by Gasteiger charge is -2.40. The van der Waals surface area contributed by atoms with Crippen LogP contribution in [-0.2, 0) is 14.3 Å². The van der Waals surface area contributed by atoms with Crippen LogP contribution in [0.5, 0.6) is 0 Å². The third-order valence-corrected chi connectivity index (χ3v) is 15.6. The van der Waals surface area contributed by atoms with Crippen molar-refractivity contribution < 1.29 is 39.8 Å². The Kier molecular flexibility index (Phi) is 51.1. The van der Waals surface area contributed by atoms with Gasteiger partial charge in [0, 0.05) is 6.42 Å². The van der Waals surface area contributed by atoms with Gasteiger partial charge in [-0.25, -0.2) is 0 Å². The van der Waals surface area contributed by atoms with E-state index in [1.54, 1.807) is 6.08 Å². The third kappa shape index (κ3) is 42.1. The molecular formula is C63H123NO8. The van der Waals surface area contributed by atoms with Crippen LogP contribution in [0.3, 0.4) is 0 Å². The van der Waals surface area contributed by atoms with E-state index in [-0.39, 0.29) is 12.5 Å². The van der Waals surface area contributed by atoms with Gasteiger partial charge in [-0.1, -0.05) is 315 Å². The molecule has 0 aromatic rings. The molecule has 1 saturated heterocycles. The van der Waals surface area contributed by atoms with Crippen molar-refractivity contribution in [2.24, 2.45) is 0 Å². The Labute approximate surface area is 446 Å². The van der Waals surface area contributed by atoms with Crippen molar-refractivity contribution >= 4 is 5.91 Å². The summed E-state index contributed by atoms with van der Waals surface area (Å²) in [6, 6.07) is -0.801. The van der Waals surface area contributed by atoms with E-state index in [4.69, 9.17) is 9.47 Å². The molecule has 0 aromatic carbocycles. The van der Waals surface area contributed by atoms with Gasteiger partial charge in [-0.2, -0.15) is 0 Å². The van der Waals surface area contributed by atoms with E-state index in [2.05, 4.69) is 19.2 Å². The molecule has 1 amide bonds. The average Bonchev–Trinajstić information content (AvgIpc) is 3.38. The maximum atomic E-state index is 13.1. The van der Waals surface area contributed by atoms with Crippen molar-refractivity contribution in [2.75, 3.05) is 13.2 Å². The first-order chi connectivity index (χ1) is 35.3. The van der Waals surface area contributed by atoms with Crippen molar-refractivity contribution in [1.82, 2.24) is 5.32 Å². The standard InChI is InChI=1S/C63H123NO8/c1-3-5-7-9-11-13-15-17-19-21-23-24-25-26-27-28-29-30-31-32-33-35-37-39-41-43-45-47-49-51-53-59(67)64-56(55-71-63-62(70)61(69)60(68)58(54-65)72-63)57(66)52-50-48-46-44-42-40-38-36-34-22-20-18-16-14-12-10-8-6-4-2/h50,52,56-58,60-63,65-66,68-70H,3-49,51,53-55H2,1-2H3,(H,64,67)/b52-50+. The predicted octanol–water partition coefficient (Wildman–Crippen LogP) is 16.4. The second-order valence-corrected chi connectivity index (χ2v) is 22.6. The number of carbonyl (C=O) groups is 1. The number of carbonyl (C=O) groups excluding carboxylic acids is 1. The Morgan fingerprint density at radius 1 is 0.458 bits per heavy atom. The highest BCUT2D eigenvalue weighted by Gasteiger charge is 2.44. The molecule has 1 aliphatic heterocycles. The molecule has 0 saturated carbocycles. The number of rotatable bonds is 56. The molecule has 0 spiro atoms. The zero-order valence-corrected chi connectivity index (χ0v) is 47.7. The second kappa shape index (κ2) is 53.3. The quantitative estimate of drug-likeness (QED) is 0.0261. The summed E-state index contributed by atoms with van der Waals surface area (Å²) in [5, 5.41) is 54.6. The van der Waals surface area contributed by atoms with Gasteiger partial charge in [-0.3, -0.25) is 4.79 Å². The molecule has 9 heteroatoms. The van der Waals surface area contributed by atoms with Crippen molar-refractivity contribution in [2.45, 2.75) is 371 Å². The van der Waals surface area contributed by atoms with E-state index < -0.39 is 49.5 Å². The van der Waals surface area contributed by atoms with Crippen LogP contribution in [0.25, 0.3) is 0 Å². The van der Waals surface area contributed by atoms with Crippen LogP contribution >= 0.6 is 0 Å². The van der Waals surface area contributed by atoms with E-state index in [9.17, 15) is 30.3 Å². The SMILES string of the molecule is CCCCCCCCCCCCCCCCCCC/C=C/C(O)C(COC1OC(CO)C(O)C(O)C1O)NC(=O)CCCCCCCCCCCCCCCCCCCCCCCCCCCCCCCC. The Hall–Kier alpha value is -1.07. The minimum absolute atomic E-state index is 0.168. The summed E-state index contributed by atoms with van der Waals surface area (Å²) >= 11 is 0. The Morgan fingerprint density at radius 2 is 0.764 bits per heavy atom. The van der Waals surface area contributed by atoms with Crippen LogP contribution in [0.15, 0.2) is 12.2 Å². The lowest BCUT2D eigenvalue weighted by molar-refractivity contribution is -0.302. The Bertz CT molecular complexity index is 1140. The van der Waals surface area contributed by atoms with Crippen LogP contribution in [0.4, 0.5) is 0 Å². The van der Waals surface area contributed by atoms with Gasteiger partial charge in [0.15, 0.2) is 6.29 Å². The lowest BCUT2D eigenvalue weighted by Crippen LogP contribution is -2.60. The van der Waals surface area contributed by atoms with Gasteiger partial charge in [-0.15, -0.1) is 0 Å². The topological polar surface area (TPSA) is 149 Å². The van der Waals surface area contributed by atoms with Crippen LogP contribution in [0, 0.1) is 0 Å². The summed E-state index contributed by atoms with van der Waals surface area (Å²) < 4.78 is 11.3. The smallest absolute Gasteiger partial charge is 0.220 e. The molecule has 72 heavy (non-hydrogen) atoms. The van der Waals surface area contributed by atoms with E-state index in [0.717, 1.165) is 38.5 Å². The van der Waals surface area contributed by atoms with Gasteiger partial charge >= 0.3 is 0 Å². The highest BCUT2D eigenvalue weighted by molar-refractivity contribution is 5.76. The molecule has 1 fully saturated rings. The molecule has 0 aliphatic carbocycles. The number of amides is 1. The third-order valence-electron chi connectivity index (χ3n) is 15.6. The summed E-state index contributed by atoms with van der Waals surface area (Å²) in [5.74, 6) is -0.168. The summed E-state index contributed by atoms with van der Waals surface area (Å²) in [5.41, 5.74) is 0. The first-order valence-corrected chi connectivity index (χ1v) is 31.9. The van der Waals surface area contributed by atoms with Gasteiger partial charge < -0.3 is 40.3 Å². The molecule has 428 valence electrons. The zero-order chi connectivity index (χ0) is 52.2. The van der Waals surface area contributed by atoms with E-state index in [0.29, 0.717) is 6.42 Å². The molecular weight excluding hydrogens is 899 g/mol. The summed E-state index contributed by atoms with van der Waals surface area (Å²) in [4.78, 5) is 13.1. The predicted molar refractivity (Wildman–Crippen MR) is 304 cm³/mol. The highest BCUT2D eigenvalue weighted by atomic mass is 16.7. The number of allylic oxidation sites excluding steroid dienone is 1. The van der Waals surface area contributed by atoms with Gasteiger partial charge in [0.2, 0.25) is 5.91 Å². The van der Waals surface area contributed by atoms with Crippen LogP contribution in [-0.4, -0.2) is 87.5 Å². The molecule has 1 heterocycles. The lowest BCUT2D eigenvalue weighted by atomic mass is 9.99. The minimum Gasteiger partial charge on any atom is -0.394 e. The molecule has 0 bridgehead atoms. The van der Waals surface area contributed by atoms with Gasteiger partial charge in [0.25, 0.3) is 0 Å². The van der Waals surface area contributed by atoms with Crippen molar-refractivity contribution in [1.29, 1.82) is 0 Å². The summed E-state index contributed by atoms with van der Waals surface area (Å²) in [7, 11) is 0. The van der Waals surface area contributed by atoms with E-state index in [1.807, 2.05) is 6.08 Å². The monoisotopic (exact) mass is 1020 g/mol. The maximum absolute atomic E-state index is 13.1. The minimum atomic E-state index is -1.56. The normalized spacial score (nSPS) is 19.1. The maximum Gasteiger partial charge on any atom is 0.220 e. The van der Waals surface area contributed by atoms with Crippen molar-refractivity contribution in [3.63, 3.8) is 0 Å². The molecule has 1 rings (SSSR count). The first kappa shape index (κ1) is 68.9. The number of aliphatic hydroxyl groups excluding tert-OH is 5. The van der Waals surface area contributed by atoms with Gasteiger partial charge in [0.1, 0.15) is 24.4 Å². The highest BCUT2D eigenvalue weighted by Crippen LogP contribution is 2.23.